The van der Waals surface area contributed by atoms with Gasteiger partial charge in [0.05, 0.1) is 13.2 Å². The molecule has 0 saturated heterocycles. The van der Waals surface area contributed by atoms with Crippen LogP contribution in [-0.4, -0.2) is 35.8 Å². The van der Waals surface area contributed by atoms with E-state index >= 15 is 0 Å². The molecule has 1 aliphatic heterocycles. The molecule has 1 N–H and O–H groups in total. The van der Waals surface area contributed by atoms with Crippen molar-refractivity contribution in [2.45, 2.75) is 51.6 Å². The summed E-state index contributed by atoms with van der Waals surface area (Å²) in [5.41, 5.74) is 3.56. The highest BCUT2D eigenvalue weighted by Crippen LogP contribution is 2.48. The van der Waals surface area contributed by atoms with Crippen LogP contribution >= 0.6 is 11.6 Å². The number of esters is 1. The van der Waals surface area contributed by atoms with Crippen LogP contribution in [0.4, 0.5) is 0 Å². The van der Waals surface area contributed by atoms with E-state index in [-0.39, 0.29) is 29.3 Å². The fourth-order valence-corrected chi connectivity index (χ4v) is 5.01. The molecule has 7 heteroatoms. The molecule has 0 bridgehead atoms. The topological polar surface area (TPSA) is 85.2 Å². The van der Waals surface area contributed by atoms with Crippen molar-refractivity contribution in [1.29, 1.82) is 0 Å². The van der Waals surface area contributed by atoms with E-state index in [1.807, 2.05) is 24.3 Å². The molecule has 1 unspecified atom stereocenters. The number of ether oxygens (including phenoxy) is 2. The molecule has 2 aliphatic rings. The zero-order valence-electron chi connectivity index (χ0n) is 19.7. The third-order valence-corrected chi connectivity index (χ3v) is 6.65. The molecule has 3 atom stereocenters. The average molecular weight is 482 g/mol. The summed E-state index contributed by atoms with van der Waals surface area (Å²) in [6.07, 6.45) is 0.590. The van der Waals surface area contributed by atoms with E-state index in [0.717, 1.165) is 5.56 Å². The number of nitrogens with zero attached hydrogens (tertiary/aromatic N) is 1. The van der Waals surface area contributed by atoms with Gasteiger partial charge in [-0.1, -0.05) is 29.8 Å². The Kier molecular flexibility index (Phi) is 6.80. The van der Waals surface area contributed by atoms with Crippen molar-refractivity contribution < 1.29 is 24.2 Å². The number of carbonyl (C=O) groups is 2. The van der Waals surface area contributed by atoms with E-state index in [2.05, 4.69) is 0 Å². The molecule has 4 rings (SSSR count). The maximum Gasteiger partial charge on any atom is 0.315 e. The second-order valence-electron chi connectivity index (χ2n) is 9.07. The van der Waals surface area contributed by atoms with E-state index in [9.17, 15) is 14.7 Å². The number of Topliss-reactive ketones (excluding diaryl/α,β-unsaturated/α-hetero) is 1. The predicted octanol–water partition coefficient (Wildman–Crippen LogP) is 5.58. The summed E-state index contributed by atoms with van der Waals surface area (Å²) in [7, 11) is 1.46. The van der Waals surface area contributed by atoms with Gasteiger partial charge in [-0.25, -0.2) is 0 Å². The zero-order chi connectivity index (χ0) is 24.6. The molecule has 2 aromatic rings. The Morgan fingerprint density at radius 3 is 2.44 bits per heavy atom. The van der Waals surface area contributed by atoms with Crippen LogP contribution in [0.5, 0.6) is 11.5 Å². The van der Waals surface area contributed by atoms with Gasteiger partial charge < -0.3 is 14.6 Å². The summed E-state index contributed by atoms with van der Waals surface area (Å²) in [5.74, 6) is -1.55. The molecule has 0 saturated carbocycles. The number of aromatic hydroxyl groups is 1. The average Bonchev–Trinajstić information content (AvgIpc) is 2.78. The summed E-state index contributed by atoms with van der Waals surface area (Å²) in [5, 5.41) is 10.8. The number of methoxy groups -OCH3 is 1. The van der Waals surface area contributed by atoms with Crippen LogP contribution in [0.15, 0.2) is 58.7 Å². The number of aliphatic imine (C=N–C) groups is 1. The third kappa shape index (κ3) is 4.60. The Hall–Kier alpha value is -3.12. The molecule has 0 amide bonds. The predicted molar refractivity (Wildman–Crippen MR) is 131 cm³/mol. The summed E-state index contributed by atoms with van der Waals surface area (Å²) >= 11 is 6.04. The normalized spacial score (nSPS) is 22.4. The minimum absolute atomic E-state index is 0.0132. The number of phenols is 1. The Balaban J connectivity index is 1.82. The van der Waals surface area contributed by atoms with Crippen molar-refractivity contribution in [1.82, 2.24) is 0 Å². The highest BCUT2D eigenvalue weighted by Gasteiger charge is 2.45. The molecular formula is C27H28ClNO5. The first kappa shape index (κ1) is 24.0. The summed E-state index contributed by atoms with van der Waals surface area (Å²) < 4.78 is 10.9. The Labute approximate surface area is 204 Å². The van der Waals surface area contributed by atoms with Crippen LogP contribution in [0.2, 0.25) is 5.02 Å². The minimum atomic E-state index is -0.744. The van der Waals surface area contributed by atoms with E-state index in [1.54, 1.807) is 32.9 Å². The number of allylic oxidation sites excluding steroid dienone is 2. The first-order valence-corrected chi connectivity index (χ1v) is 11.7. The van der Waals surface area contributed by atoms with Crippen molar-refractivity contribution in [2.75, 3.05) is 7.11 Å². The third-order valence-electron chi connectivity index (χ3n) is 6.40. The Bertz CT molecular complexity index is 1180. The van der Waals surface area contributed by atoms with E-state index in [4.69, 9.17) is 26.1 Å². The number of hydrogen-bond acceptors (Lipinski definition) is 6. The van der Waals surface area contributed by atoms with Crippen LogP contribution in [0.25, 0.3) is 0 Å². The lowest BCUT2D eigenvalue weighted by Gasteiger charge is -2.37. The maximum atomic E-state index is 13.6. The number of phenolic OH excluding ortho intramolecular Hbond substituents is 1. The largest absolute Gasteiger partial charge is 0.504 e. The molecule has 1 heterocycles. The van der Waals surface area contributed by atoms with Gasteiger partial charge in [0.2, 0.25) is 0 Å². The van der Waals surface area contributed by atoms with Gasteiger partial charge in [0.25, 0.3) is 0 Å². The SMILES string of the molecule is COc1cc([C@@H]2C3=C(C[C@@H](c4ccc(Cl)cc4)CC3=O)N=C(C)C2C(=O)OC(C)C)ccc1O. The molecule has 2 aromatic carbocycles. The molecular weight excluding hydrogens is 454 g/mol. The summed E-state index contributed by atoms with van der Waals surface area (Å²) in [6, 6.07) is 12.4. The van der Waals surface area contributed by atoms with Crippen LogP contribution in [0, 0.1) is 5.92 Å². The van der Waals surface area contributed by atoms with Crippen LogP contribution in [-0.2, 0) is 14.3 Å². The highest BCUT2D eigenvalue weighted by atomic mass is 35.5. The number of ketones is 1. The Morgan fingerprint density at radius 2 is 1.79 bits per heavy atom. The quantitative estimate of drug-likeness (QED) is 0.563. The molecule has 0 spiro atoms. The van der Waals surface area contributed by atoms with E-state index < -0.39 is 17.8 Å². The lowest BCUT2D eigenvalue weighted by atomic mass is 9.69. The number of hydrogen-bond donors (Lipinski definition) is 1. The fraction of sp³-hybridized carbons (Fsp3) is 0.370. The highest BCUT2D eigenvalue weighted by molar-refractivity contribution is 6.30. The lowest BCUT2D eigenvalue weighted by molar-refractivity contribution is -0.150. The van der Waals surface area contributed by atoms with Gasteiger partial charge in [-0.2, -0.15) is 0 Å². The summed E-state index contributed by atoms with van der Waals surface area (Å²) in [4.78, 5) is 31.5. The van der Waals surface area contributed by atoms with Crippen molar-refractivity contribution in [3.63, 3.8) is 0 Å². The molecule has 0 fully saturated rings. The van der Waals surface area contributed by atoms with Crippen LogP contribution < -0.4 is 4.74 Å². The molecule has 0 radical (unpaired) electrons. The van der Waals surface area contributed by atoms with Gasteiger partial charge >= 0.3 is 5.97 Å². The standard InChI is InChI=1S/C27H28ClNO5/c1-14(2)34-27(32)24-15(3)29-20-11-18(16-5-8-19(28)9-6-16)12-22(31)26(20)25(24)17-7-10-21(30)23(13-17)33-4/h5-10,13-14,18,24-25,30H,11-12H2,1-4H3/t18-,24?,25+/m1/s1. The van der Waals surface area contributed by atoms with Crippen molar-refractivity contribution in [3.8, 4) is 11.5 Å². The van der Waals surface area contributed by atoms with Gasteiger partial charge in [0.15, 0.2) is 17.3 Å². The minimum Gasteiger partial charge on any atom is -0.504 e. The second kappa shape index (κ2) is 9.63. The van der Waals surface area contributed by atoms with Gasteiger partial charge in [0.1, 0.15) is 5.92 Å². The number of benzene rings is 2. The van der Waals surface area contributed by atoms with Crippen molar-refractivity contribution >= 4 is 29.1 Å². The Morgan fingerprint density at radius 1 is 1.12 bits per heavy atom. The monoisotopic (exact) mass is 481 g/mol. The molecule has 178 valence electrons. The molecule has 1 aliphatic carbocycles. The van der Waals surface area contributed by atoms with Gasteiger partial charge in [-0.15, -0.1) is 0 Å². The smallest absolute Gasteiger partial charge is 0.315 e. The second-order valence-corrected chi connectivity index (χ2v) is 9.50. The zero-order valence-corrected chi connectivity index (χ0v) is 20.4. The van der Waals surface area contributed by atoms with E-state index in [1.165, 1.54) is 13.2 Å². The molecule has 34 heavy (non-hydrogen) atoms. The van der Waals surface area contributed by atoms with Crippen LogP contribution in [0.3, 0.4) is 0 Å². The maximum absolute atomic E-state index is 13.6. The number of carbonyl (C=O) groups excluding carboxylic acids is 2. The molecule has 0 aromatic heterocycles. The van der Waals surface area contributed by atoms with Gasteiger partial charge in [0, 0.05) is 34.3 Å². The van der Waals surface area contributed by atoms with Crippen LogP contribution in [0.1, 0.15) is 56.6 Å². The van der Waals surface area contributed by atoms with Gasteiger partial charge in [-0.3, -0.25) is 14.6 Å². The number of halogens is 1. The molecule has 6 nitrogen and oxygen atoms in total. The van der Waals surface area contributed by atoms with E-state index in [0.29, 0.717) is 40.4 Å². The number of rotatable bonds is 5. The fourth-order valence-electron chi connectivity index (χ4n) is 4.89. The van der Waals surface area contributed by atoms with Crippen molar-refractivity contribution in [2.24, 2.45) is 10.9 Å². The van der Waals surface area contributed by atoms with Gasteiger partial charge in [-0.05, 0) is 68.5 Å². The first-order chi connectivity index (χ1) is 16.2. The first-order valence-electron chi connectivity index (χ1n) is 11.3. The summed E-state index contributed by atoms with van der Waals surface area (Å²) in [6.45, 7) is 5.38. The lowest BCUT2D eigenvalue weighted by Crippen LogP contribution is -2.38. The van der Waals surface area contributed by atoms with Crippen molar-refractivity contribution in [3.05, 3.63) is 69.9 Å².